The molecule has 0 fully saturated rings. The van der Waals surface area contributed by atoms with Crippen LogP contribution >= 0.6 is 15.9 Å². The van der Waals surface area contributed by atoms with Crippen LogP contribution in [0.1, 0.15) is 26.2 Å². The van der Waals surface area contributed by atoms with Crippen molar-refractivity contribution in [1.82, 2.24) is 0 Å². The van der Waals surface area contributed by atoms with E-state index in [1.165, 1.54) is 0 Å². The first-order chi connectivity index (χ1) is 5.02. The molecule has 0 rings (SSSR count). The molecule has 0 aromatic rings. The van der Waals surface area contributed by atoms with Crippen LogP contribution in [0.25, 0.3) is 0 Å². The quantitative estimate of drug-likeness (QED) is 0.671. The van der Waals surface area contributed by atoms with E-state index in [9.17, 15) is 9.90 Å². The Kier molecular flexibility index (Phi) is 5.50. The first-order valence-electron chi connectivity index (χ1n) is 3.54. The van der Waals surface area contributed by atoms with E-state index in [-0.39, 0.29) is 6.42 Å². The molecule has 0 aliphatic rings. The van der Waals surface area contributed by atoms with Gasteiger partial charge in [-0.05, 0) is 12.8 Å². The van der Waals surface area contributed by atoms with E-state index in [0.29, 0.717) is 11.2 Å². The van der Waals surface area contributed by atoms with Crippen LogP contribution in [0.4, 0.5) is 0 Å². The van der Waals surface area contributed by atoms with Gasteiger partial charge in [-0.25, -0.2) is 0 Å². The van der Waals surface area contributed by atoms with Crippen LogP contribution in [0, 0.1) is 0 Å². The molecule has 0 amide bonds. The van der Waals surface area contributed by atoms with Gasteiger partial charge in [0.05, 0.1) is 6.10 Å². The molecule has 2 atom stereocenters. The van der Waals surface area contributed by atoms with Crippen molar-refractivity contribution in [3.05, 3.63) is 0 Å². The van der Waals surface area contributed by atoms with Gasteiger partial charge in [-0.15, -0.1) is 0 Å². The Morgan fingerprint density at radius 2 is 2.18 bits per heavy atom. The second-order valence-electron chi connectivity index (χ2n) is 2.59. The molecule has 0 heterocycles. The summed E-state index contributed by atoms with van der Waals surface area (Å²) in [5.74, 6) is -1.19. The number of hydrogen-bond acceptors (Lipinski definition) is 3. The lowest BCUT2D eigenvalue weighted by Crippen LogP contribution is -2.27. The molecule has 11 heavy (non-hydrogen) atoms. The molecule has 2 unspecified atom stereocenters. The van der Waals surface area contributed by atoms with Crippen LogP contribution in [0.15, 0.2) is 0 Å². The van der Waals surface area contributed by atoms with Crippen molar-refractivity contribution in [3.8, 4) is 0 Å². The highest BCUT2D eigenvalue weighted by Gasteiger charge is 2.05. The Balaban J connectivity index is 3.37. The van der Waals surface area contributed by atoms with Gasteiger partial charge in [0.25, 0.3) is 0 Å². The highest BCUT2D eigenvalue weighted by atomic mass is 79.9. The third-order valence-electron chi connectivity index (χ3n) is 1.30. The number of carboxylic acid groups (broad SMARTS) is 1. The topological polar surface area (TPSA) is 60.4 Å². The molecule has 1 N–H and O–H groups in total. The maximum absolute atomic E-state index is 9.97. The van der Waals surface area contributed by atoms with E-state index in [0.717, 1.165) is 6.42 Å². The van der Waals surface area contributed by atoms with Crippen molar-refractivity contribution < 1.29 is 15.0 Å². The number of carbonyl (C=O) groups excluding carboxylic acids is 1. The number of aliphatic carboxylic acids is 1. The molecule has 0 bridgehead atoms. The summed E-state index contributed by atoms with van der Waals surface area (Å²) >= 11 is 3.29. The predicted molar refractivity (Wildman–Crippen MR) is 43.3 cm³/mol. The van der Waals surface area contributed by atoms with Crippen molar-refractivity contribution in [2.24, 2.45) is 0 Å². The Labute approximate surface area is 74.5 Å². The van der Waals surface area contributed by atoms with Gasteiger partial charge in [-0.2, -0.15) is 0 Å². The number of carbonyl (C=O) groups is 1. The summed E-state index contributed by atoms with van der Waals surface area (Å²) in [7, 11) is 0. The van der Waals surface area contributed by atoms with Crippen LogP contribution in [0.2, 0.25) is 0 Å². The number of halogens is 1. The molecule has 0 saturated heterocycles. The summed E-state index contributed by atoms with van der Waals surface area (Å²) in [5.41, 5.74) is 0. The fourth-order valence-electron chi connectivity index (χ4n) is 0.716. The molecule has 0 aliphatic heterocycles. The number of aliphatic hydroxyl groups excluding tert-OH is 1. The number of aliphatic hydroxyl groups is 1. The van der Waals surface area contributed by atoms with Gasteiger partial charge < -0.3 is 15.0 Å². The lowest BCUT2D eigenvalue weighted by atomic mass is 10.1. The van der Waals surface area contributed by atoms with E-state index in [4.69, 9.17) is 5.11 Å². The van der Waals surface area contributed by atoms with E-state index >= 15 is 0 Å². The van der Waals surface area contributed by atoms with E-state index in [1.807, 2.05) is 6.92 Å². The van der Waals surface area contributed by atoms with Gasteiger partial charge in [-0.1, -0.05) is 22.9 Å². The minimum absolute atomic E-state index is 0.264. The van der Waals surface area contributed by atoms with Gasteiger partial charge in [0.1, 0.15) is 0 Å². The molecule has 0 radical (unpaired) electrons. The van der Waals surface area contributed by atoms with E-state index in [1.54, 1.807) is 0 Å². The fraction of sp³-hybridized carbons (Fsp3) is 0.857. The van der Waals surface area contributed by atoms with Crippen LogP contribution in [0.3, 0.4) is 0 Å². The van der Waals surface area contributed by atoms with Crippen molar-refractivity contribution in [3.63, 3.8) is 0 Å². The molecule has 4 heteroatoms. The second kappa shape index (κ2) is 5.55. The van der Waals surface area contributed by atoms with Gasteiger partial charge >= 0.3 is 0 Å². The molecule has 0 aliphatic carbocycles. The number of alkyl halides is 1. The minimum Gasteiger partial charge on any atom is -0.550 e. The molecular formula is C7H12BrO3-. The molecule has 3 nitrogen and oxygen atoms in total. The summed E-state index contributed by atoms with van der Waals surface area (Å²) < 4.78 is 0. The first-order valence-corrected chi connectivity index (χ1v) is 4.46. The van der Waals surface area contributed by atoms with Gasteiger partial charge in [0, 0.05) is 17.2 Å². The van der Waals surface area contributed by atoms with Crippen LogP contribution in [-0.4, -0.2) is 22.0 Å². The SMILES string of the molecule is CC(Br)CCC(O)CC(=O)[O-]. The monoisotopic (exact) mass is 223 g/mol. The fourth-order valence-corrected chi connectivity index (χ4v) is 0.981. The lowest BCUT2D eigenvalue weighted by molar-refractivity contribution is -0.307. The van der Waals surface area contributed by atoms with Gasteiger partial charge in [0.2, 0.25) is 0 Å². The second-order valence-corrected chi connectivity index (χ2v) is 4.15. The normalized spacial score (nSPS) is 15.9. The average molecular weight is 224 g/mol. The van der Waals surface area contributed by atoms with Crippen LogP contribution < -0.4 is 5.11 Å². The largest absolute Gasteiger partial charge is 0.550 e. The highest BCUT2D eigenvalue weighted by molar-refractivity contribution is 9.09. The smallest absolute Gasteiger partial charge is 0.0592 e. The summed E-state index contributed by atoms with van der Waals surface area (Å²) in [6.45, 7) is 1.95. The first kappa shape index (κ1) is 10.9. The summed E-state index contributed by atoms with van der Waals surface area (Å²) in [6, 6.07) is 0. The third-order valence-corrected chi connectivity index (χ3v) is 1.76. The standard InChI is InChI=1S/C7H13BrO3/c1-5(8)2-3-6(9)4-7(10)11/h5-6,9H,2-4H2,1H3,(H,10,11)/p-1. The zero-order chi connectivity index (χ0) is 8.85. The van der Waals surface area contributed by atoms with E-state index < -0.39 is 12.1 Å². The van der Waals surface area contributed by atoms with Crippen molar-refractivity contribution in [2.45, 2.75) is 37.1 Å². The Morgan fingerprint density at radius 1 is 1.64 bits per heavy atom. The zero-order valence-corrected chi connectivity index (χ0v) is 8.00. The zero-order valence-electron chi connectivity index (χ0n) is 6.42. The highest BCUT2D eigenvalue weighted by Crippen LogP contribution is 2.09. The Morgan fingerprint density at radius 3 is 2.55 bits per heavy atom. The summed E-state index contributed by atoms with van der Waals surface area (Å²) in [4.78, 5) is 10.3. The van der Waals surface area contributed by atoms with E-state index in [2.05, 4.69) is 15.9 Å². The van der Waals surface area contributed by atoms with Gasteiger partial charge in [-0.3, -0.25) is 0 Å². The number of carboxylic acids is 1. The van der Waals surface area contributed by atoms with Crippen molar-refractivity contribution in [2.75, 3.05) is 0 Å². The maximum Gasteiger partial charge on any atom is 0.0592 e. The molecule has 66 valence electrons. The molecule has 0 spiro atoms. The number of hydrogen-bond donors (Lipinski definition) is 1. The van der Waals surface area contributed by atoms with Crippen molar-refractivity contribution >= 4 is 21.9 Å². The number of rotatable bonds is 5. The molecule has 0 aromatic carbocycles. The third kappa shape index (κ3) is 7.81. The van der Waals surface area contributed by atoms with Crippen LogP contribution in [-0.2, 0) is 4.79 Å². The minimum atomic E-state index is -1.19. The average Bonchev–Trinajstić information content (AvgIpc) is 1.82. The summed E-state index contributed by atoms with van der Waals surface area (Å²) in [6.07, 6.45) is 0.245. The molecule has 0 aromatic heterocycles. The predicted octanol–water partition coefficient (Wildman–Crippen LogP) is 0.0509. The van der Waals surface area contributed by atoms with Crippen LogP contribution in [0.5, 0.6) is 0 Å². The molecule has 0 saturated carbocycles. The molecular weight excluding hydrogens is 212 g/mol. The van der Waals surface area contributed by atoms with Gasteiger partial charge in [0.15, 0.2) is 0 Å². The Hall–Kier alpha value is -0.0900. The Bertz CT molecular complexity index is 125. The van der Waals surface area contributed by atoms with Crippen molar-refractivity contribution in [1.29, 1.82) is 0 Å². The summed E-state index contributed by atoms with van der Waals surface area (Å²) in [5, 5.41) is 19.0. The maximum atomic E-state index is 9.97. The lowest BCUT2D eigenvalue weighted by Gasteiger charge is -2.11.